The molecular weight excluding hydrogens is 415 g/mol. The average molecular weight is 427 g/mol. The zero-order chi connectivity index (χ0) is 13.4. The first-order chi connectivity index (χ1) is 9.15. The fraction of sp³-hybridized carbons (Fsp3) is 0.188. The van der Waals surface area contributed by atoms with E-state index in [1.165, 1.54) is 11.1 Å². The minimum atomic E-state index is 0.0974. The zero-order valence-corrected chi connectivity index (χ0v) is 13.9. The van der Waals surface area contributed by atoms with E-state index in [2.05, 4.69) is 62.8 Å². The summed E-state index contributed by atoms with van der Waals surface area (Å²) in [6, 6.07) is 14.3. The number of carbonyl (C=O) groups is 1. The summed E-state index contributed by atoms with van der Waals surface area (Å²) < 4.78 is 1.99. The zero-order valence-electron chi connectivity index (χ0n) is 10.2. The monoisotopic (exact) mass is 426 g/mol. The van der Waals surface area contributed by atoms with Crippen LogP contribution in [-0.2, 0) is 12.8 Å². The highest BCUT2D eigenvalue weighted by molar-refractivity contribution is 14.1. The van der Waals surface area contributed by atoms with Gasteiger partial charge in [-0.1, -0.05) is 40.2 Å². The first kappa shape index (κ1) is 13.3. The van der Waals surface area contributed by atoms with Gasteiger partial charge < -0.3 is 0 Å². The molecule has 96 valence electrons. The summed E-state index contributed by atoms with van der Waals surface area (Å²) in [5.41, 5.74) is 3.49. The number of rotatable bonds is 2. The highest BCUT2D eigenvalue weighted by Crippen LogP contribution is 2.30. The number of fused-ring (bicyclic) bond motifs is 1. The molecule has 2 aromatic carbocycles. The molecule has 0 saturated heterocycles. The van der Waals surface area contributed by atoms with Gasteiger partial charge in [0.05, 0.1) is 0 Å². The third-order valence-corrected chi connectivity index (χ3v) is 5.05. The number of benzene rings is 2. The second kappa shape index (κ2) is 5.37. The van der Waals surface area contributed by atoms with Gasteiger partial charge in [0.2, 0.25) is 0 Å². The molecule has 0 atom stereocenters. The van der Waals surface area contributed by atoms with E-state index in [9.17, 15) is 4.79 Å². The van der Waals surface area contributed by atoms with Crippen LogP contribution in [0.1, 0.15) is 21.5 Å². The van der Waals surface area contributed by atoms with Crippen molar-refractivity contribution in [2.45, 2.75) is 12.8 Å². The van der Waals surface area contributed by atoms with Crippen LogP contribution in [0.4, 0.5) is 0 Å². The van der Waals surface area contributed by atoms with Crippen LogP contribution in [0.5, 0.6) is 0 Å². The molecule has 2 aromatic rings. The number of hydrogen-bond acceptors (Lipinski definition) is 1. The Balaban J connectivity index is 1.89. The van der Waals surface area contributed by atoms with E-state index in [0.29, 0.717) is 0 Å². The second-order valence-electron chi connectivity index (χ2n) is 4.86. The predicted molar refractivity (Wildman–Crippen MR) is 88.5 cm³/mol. The van der Waals surface area contributed by atoms with Crippen LogP contribution in [0, 0.1) is 9.49 Å². The Morgan fingerprint density at radius 1 is 1.11 bits per heavy atom. The van der Waals surface area contributed by atoms with Crippen molar-refractivity contribution in [2.75, 3.05) is 0 Å². The maximum absolute atomic E-state index is 12.7. The third kappa shape index (κ3) is 2.63. The SMILES string of the molecule is O=C(c1cc(Br)ccc1I)C1Cc2ccccc2C1. The van der Waals surface area contributed by atoms with Crippen LogP contribution >= 0.6 is 38.5 Å². The van der Waals surface area contributed by atoms with Gasteiger partial charge in [-0.2, -0.15) is 0 Å². The van der Waals surface area contributed by atoms with Gasteiger partial charge in [0.15, 0.2) is 5.78 Å². The lowest BCUT2D eigenvalue weighted by atomic mass is 9.95. The molecule has 1 nitrogen and oxygen atoms in total. The largest absolute Gasteiger partial charge is 0.294 e. The van der Waals surface area contributed by atoms with E-state index in [0.717, 1.165) is 26.4 Å². The summed E-state index contributed by atoms with van der Waals surface area (Å²) in [6.45, 7) is 0. The normalized spacial score (nSPS) is 14.4. The smallest absolute Gasteiger partial charge is 0.167 e. The van der Waals surface area contributed by atoms with Gasteiger partial charge in [-0.15, -0.1) is 0 Å². The summed E-state index contributed by atoms with van der Waals surface area (Å²) in [4.78, 5) is 12.7. The molecule has 0 heterocycles. The van der Waals surface area contributed by atoms with Gasteiger partial charge in [-0.25, -0.2) is 0 Å². The molecule has 19 heavy (non-hydrogen) atoms. The topological polar surface area (TPSA) is 17.1 Å². The Bertz CT molecular complexity index is 626. The molecule has 0 aromatic heterocycles. The van der Waals surface area contributed by atoms with Crippen LogP contribution in [0.15, 0.2) is 46.9 Å². The molecule has 0 saturated carbocycles. The molecule has 1 aliphatic carbocycles. The Hall–Kier alpha value is -0.680. The highest BCUT2D eigenvalue weighted by Gasteiger charge is 2.28. The quantitative estimate of drug-likeness (QED) is 0.504. The van der Waals surface area contributed by atoms with Crippen LogP contribution in [0.2, 0.25) is 0 Å². The van der Waals surface area contributed by atoms with Crippen LogP contribution in [0.3, 0.4) is 0 Å². The van der Waals surface area contributed by atoms with E-state index < -0.39 is 0 Å². The Morgan fingerprint density at radius 2 is 1.74 bits per heavy atom. The number of Topliss-reactive ketones (excluding diaryl/α,β-unsaturated/α-hetero) is 1. The molecular formula is C16H12BrIO. The summed E-state index contributed by atoms with van der Waals surface area (Å²) in [6.07, 6.45) is 1.75. The van der Waals surface area contributed by atoms with E-state index in [1.54, 1.807) is 0 Å². The van der Waals surface area contributed by atoms with E-state index in [4.69, 9.17) is 0 Å². The fourth-order valence-corrected chi connectivity index (χ4v) is 3.61. The number of ketones is 1. The van der Waals surface area contributed by atoms with Gasteiger partial charge in [0, 0.05) is 19.5 Å². The fourth-order valence-electron chi connectivity index (χ4n) is 2.65. The molecule has 0 unspecified atom stereocenters. The van der Waals surface area contributed by atoms with Gasteiger partial charge in [0.25, 0.3) is 0 Å². The van der Waals surface area contributed by atoms with Crippen LogP contribution in [-0.4, -0.2) is 5.78 Å². The maximum Gasteiger partial charge on any atom is 0.167 e. The number of halogens is 2. The number of hydrogen-bond donors (Lipinski definition) is 0. The summed E-state index contributed by atoms with van der Waals surface area (Å²) >= 11 is 5.68. The average Bonchev–Trinajstić information content (AvgIpc) is 2.84. The maximum atomic E-state index is 12.7. The van der Waals surface area contributed by atoms with Crippen molar-refractivity contribution in [3.05, 3.63) is 67.2 Å². The van der Waals surface area contributed by atoms with Crippen molar-refractivity contribution >= 4 is 44.3 Å². The van der Waals surface area contributed by atoms with Crippen molar-refractivity contribution in [2.24, 2.45) is 5.92 Å². The van der Waals surface area contributed by atoms with Crippen LogP contribution < -0.4 is 0 Å². The minimum absolute atomic E-state index is 0.0974. The Kier molecular flexibility index (Phi) is 3.76. The van der Waals surface area contributed by atoms with Crippen molar-refractivity contribution in [3.8, 4) is 0 Å². The number of carbonyl (C=O) groups excluding carboxylic acids is 1. The second-order valence-corrected chi connectivity index (χ2v) is 6.94. The van der Waals surface area contributed by atoms with Gasteiger partial charge in [-0.05, 0) is 64.8 Å². The minimum Gasteiger partial charge on any atom is -0.294 e. The Morgan fingerprint density at radius 3 is 2.37 bits per heavy atom. The molecule has 1 aliphatic rings. The van der Waals surface area contributed by atoms with E-state index in [1.807, 2.05) is 18.2 Å². The lowest BCUT2D eigenvalue weighted by molar-refractivity contribution is 0.0924. The Labute approximate surface area is 134 Å². The van der Waals surface area contributed by atoms with Crippen molar-refractivity contribution in [3.63, 3.8) is 0 Å². The molecule has 0 radical (unpaired) electrons. The molecule has 0 N–H and O–H groups in total. The van der Waals surface area contributed by atoms with Crippen molar-refractivity contribution in [1.82, 2.24) is 0 Å². The molecule has 0 amide bonds. The lowest BCUT2D eigenvalue weighted by Crippen LogP contribution is -2.16. The molecule has 0 fully saturated rings. The summed E-state index contributed by atoms with van der Waals surface area (Å²) in [5.74, 6) is 0.363. The van der Waals surface area contributed by atoms with Gasteiger partial charge in [-0.3, -0.25) is 4.79 Å². The predicted octanol–water partition coefficient (Wildman–Crippen LogP) is 4.65. The molecule has 0 spiro atoms. The molecule has 3 heteroatoms. The van der Waals surface area contributed by atoms with E-state index in [-0.39, 0.29) is 11.7 Å². The van der Waals surface area contributed by atoms with Crippen LogP contribution in [0.25, 0.3) is 0 Å². The van der Waals surface area contributed by atoms with E-state index >= 15 is 0 Å². The molecule has 0 bridgehead atoms. The molecule has 0 aliphatic heterocycles. The van der Waals surface area contributed by atoms with Gasteiger partial charge in [0.1, 0.15) is 0 Å². The van der Waals surface area contributed by atoms with Crippen molar-refractivity contribution < 1.29 is 4.79 Å². The summed E-state index contributed by atoms with van der Waals surface area (Å²) in [7, 11) is 0. The van der Waals surface area contributed by atoms with Crippen molar-refractivity contribution in [1.29, 1.82) is 0 Å². The highest BCUT2D eigenvalue weighted by atomic mass is 127. The van der Waals surface area contributed by atoms with Gasteiger partial charge >= 0.3 is 0 Å². The lowest BCUT2D eigenvalue weighted by Gasteiger charge is -2.10. The standard InChI is InChI=1S/C16H12BrIO/c17-13-5-6-15(18)14(9-13)16(19)12-7-10-3-1-2-4-11(10)8-12/h1-6,9,12H,7-8H2. The first-order valence-electron chi connectivity index (χ1n) is 6.21. The summed E-state index contributed by atoms with van der Waals surface area (Å²) in [5, 5.41) is 0. The molecule has 3 rings (SSSR count). The third-order valence-electron chi connectivity index (χ3n) is 3.62. The first-order valence-corrected chi connectivity index (χ1v) is 8.08.